The summed E-state index contributed by atoms with van der Waals surface area (Å²) >= 11 is 0. The zero-order valence-corrected chi connectivity index (χ0v) is 34.0. The van der Waals surface area contributed by atoms with Crippen molar-refractivity contribution in [1.29, 1.82) is 0 Å². The molecular formula is C58H36N4O. The average molecular weight is 805 g/mol. The van der Waals surface area contributed by atoms with Crippen LogP contribution in [-0.4, -0.2) is 19.1 Å². The van der Waals surface area contributed by atoms with E-state index in [1.54, 1.807) is 0 Å². The summed E-state index contributed by atoms with van der Waals surface area (Å²) in [6.07, 6.45) is 1.87. The van der Waals surface area contributed by atoms with Gasteiger partial charge in [-0.3, -0.25) is 0 Å². The number of furan rings is 1. The molecule has 0 atom stereocenters. The quantitative estimate of drug-likeness (QED) is 0.168. The molecule has 294 valence electrons. The fraction of sp³-hybridized carbons (Fsp3) is 0. The highest BCUT2D eigenvalue weighted by atomic mass is 16.3. The Labute approximate surface area is 362 Å². The molecule has 0 unspecified atom stereocenters. The van der Waals surface area contributed by atoms with Gasteiger partial charge in [-0.1, -0.05) is 127 Å². The highest BCUT2D eigenvalue weighted by Gasteiger charge is 2.17. The first-order valence-electron chi connectivity index (χ1n) is 21.3. The van der Waals surface area contributed by atoms with Crippen LogP contribution in [0.4, 0.5) is 0 Å². The molecule has 0 spiro atoms. The Hall–Kier alpha value is -8.54. The van der Waals surface area contributed by atoms with Crippen molar-refractivity contribution in [2.45, 2.75) is 0 Å². The number of fused-ring (bicyclic) bond motifs is 9. The lowest BCUT2D eigenvalue weighted by atomic mass is 9.97. The van der Waals surface area contributed by atoms with Crippen molar-refractivity contribution in [1.82, 2.24) is 19.1 Å². The van der Waals surface area contributed by atoms with E-state index in [9.17, 15) is 0 Å². The van der Waals surface area contributed by atoms with Gasteiger partial charge in [0.2, 0.25) is 5.71 Å². The summed E-state index contributed by atoms with van der Waals surface area (Å²) in [4.78, 5) is 10.0. The smallest absolute Gasteiger partial charge is 0.246 e. The van der Waals surface area contributed by atoms with E-state index in [2.05, 4.69) is 215 Å². The molecule has 0 aliphatic heterocycles. The molecule has 0 amide bonds. The van der Waals surface area contributed by atoms with E-state index in [1.807, 2.05) is 12.3 Å². The summed E-state index contributed by atoms with van der Waals surface area (Å²) in [6, 6.07) is 75.7. The number of para-hydroxylation sites is 4. The Balaban J connectivity index is 0.832. The van der Waals surface area contributed by atoms with Gasteiger partial charge in [0.1, 0.15) is 11.1 Å². The van der Waals surface area contributed by atoms with Gasteiger partial charge in [-0.2, -0.15) is 0 Å². The summed E-state index contributed by atoms with van der Waals surface area (Å²) in [5.41, 5.74) is 17.7. The Kier molecular flexibility index (Phi) is 7.84. The molecule has 4 heterocycles. The minimum atomic E-state index is 0.525. The van der Waals surface area contributed by atoms with Gasteiger partial charge < -0.3 is 13.6 Å². The second-order valence-corrected chi connectivity index (χ2v) is 16.2. The lowest BCUT2D eigenvalue weighted by Gasteiger charge is -2.09. The fourth-order valence-electron chi connectivity index (χ4n) is 9.61. The first-order valence-corrected chi connectivity index (χ1v) is 21.3. The van der Waals surface area contributed by atoms with Crippen molar-refractivity contribution in [3.63, 3.8) is 0 Å². The highest BCUT2D eigenvalue weighted by Crippen LogP contribution is 2.39. The summed E-state index contributed by atoms with van der Waals surface area (Å²) in [5, 5.41) is 5.87. The molecular weight excluding hydrogens is 769 g/mol. The molecule has 0 fully saturated rings. The monoisotopic (exact) mass is 804 g/mol. The van der Waals surface area contributed by atoms with Gasteiger partial charge in [0, 0.05) is 43.9 Å². The predicted molar refractivity (Wildman–Crippen MR) is 260 cm³/mol. The van der Waals surface area contributed by atoms with Crippen molar-refractivity contribution >= 4 is 65.8 Å². The molecule has 0 bridgehead atoms. The highest BCUT2D eigenvalue weighted by molar-refractivity contribution is 6.12. The van der Waals surface area contributed by atoms with Gasteiger partial charge in [0.25, 0.3) is 0 Å². The third-order valence-electron chi connectivity index (χ3n) is 12.6. The standard InChI is InChI=1S/C58H36N4O/c1-3-17-44(18-4-1)61-52-23-9-7-21-46(52)48-33-40(25-28-54(48)61)37-13-11-14-38(31-37)42-27-30-56-50(35-42)57-58(63-56)60-51(36-59-57)43-16-12-15-39(32-43)41-26-29-55-49(34-41)47-22-8-10-24-53(47)62(55)45-19-5-2-6-20-45/h1-36H. The first kappa shape index (κ1) is 35.2. The number of hydrogen-bond acceptors (Lipinski definition) is 3. The van der Waals surface area contributed by atoms with E-state index in [0.29, 0.717) is 5.71 Å². The maximum absolute atomic E-state index is 6.37. The molecule has 0 saturated heterocycles. The predicted octanol–water partition coefficient (Wildman–Crippen LogP) is 15.2. The van der Waals surface area contributed by atoms with E-state index >= 15 is 0 Å². The Morgan fingerprint density at radius 3 is 1.35 bits per heavy atom. The zero-order valence-electron chi connectivity index (χ0n) is 34.0. The van der Waals surface area contributed by atoms with E-state index in [0.717, 1.165) is 66.9 Å². The SMILES string of the molecule is c1ccc(-n2c3ccccc3c3cc(-c4cccc(-c5ccc6oc7nc(-c8cccc(-c9ccc%10c(c9)c9ccccc9n%10-c9ccccc9)c8)cnc7c6c5)c4)ccc32)cc1. The maximum atomic E-state index is 6.37. The van der Waals surface area contributed by atoms with Crippen LogP contribution in [0, 0.1) is 0 Å². The molecule has 9 aromatic carbocycles. The van der Waals surface area contributed by atoms with E-state index in [-0.39, 0.29) is 0 Å². The molecule has 4 aromatic heterocycles. The summed E-state index contributed by atoms with van der Waals surface area (Å²) in [5.74, 6) is 0. The molecule has 63 heavy (non-hydrogen) atoms. The molecule has 5 nitrogen and oxygen atoms in total. The minimum absolute atomic E-state index is 0.525. The van der Waals surface area contributed by atoms with Crippen LogP contribution in [-0.2, 0) is 0 Å². The van der Waals surface area contributed by atoms with Crippen LogP contribution >= 0.6 is 0 Å². The van der Waals surface area contributed by atoms with Gasteiger partial charge in [-0.25, -0.2) is 9.97 Å². The molecule has 0 saturated carbocycles. The lowest BCUT2D eigenvalue weighted by molar-refractivity contribution is 0.653. The third kappa shape index (κ3) is 5.71. The van der Waals surface area contributed by atoms with Crippen molar-refractivity contribution in [2.24, 2.45) is 0 Å². The van der Waals surface area contributed by atoms with Gasteiger partial charge in [0.05, 0.1) is 34.0 Å². The van der Waals surface area contributed by atoms with Crippen molar-refractivity contribution < 1.29 is 4.42 Å². The molecule has 0 aliphatic rings. The molecule has 5 heteroatoms. The van der Waals surface area contributed by atoms with Crippen LogP contribution in [0.1, 0.15) is 0 Å². The van der Waals surface area contributed by atoms with Crippen LogP contribution in [0.15, 0.2) is 223 Å². The maximum Gasteiger partial charge on any atom is 0.246 e. The topological polar surface area (TPSA) is 48.8 Å². The van der Waals surface area contributed by atoms with E-state index < -0.39 is 0 Å². The molecule has 0 radical (unpaired) electrons. The Bertz CT molecular complexity index is 3910. The molecule has 0 N–H and O–H groups in total. The summed E-state index contributed by atoms with van der Waals surface area (Å²) in [6.45, 7) is 0. The normalized spacial score (nSPS) is 11.8. The third-order valence-corrected chi connectivity index (χ3v) is 12.6. The summed E-state index contributed by atoms with van der Waals surface area (Å²) in [7, 11) is 0. The second kappa shape index (κ2) is 14.0. The largest absolute Gasteiger partial charge is 0.436 e. The second-order valence-electron chi connectivity index (χ2n) is 16.2. The average Bonchev–Trinajstić information content (AvgIpc) is 4.01. The number of benzene rings is 9. The minimum Gasteiger partial charge on any atom is -0.436 e. The van der Waals surface area contributed by atoms with Gasteiger partial charge in [-0.05, 0) is 118 Å². The van der Waals surface area contributed by atoms with Crippen LogP contribution in [0.2, 0.25) is 0 Å². The van der Waals surface area contributed by atoms with Crippen LogP contribution in [0.5, 0.6) is 0 Å². The van der Waals surface area contributed by atoms with Crippen LogP contribution < -0.4 is 0 Å². The van der Waals surface area contributed by atoms with Crippen LogP contribution in [0.3, 0.4) is 0 Å². The van der Waals surface area contributed by atoms with Crippen molar-refractivity contribution in [3.8, 4) is 56.0 Å². The number of aromatic nitrogens is 4. The lowest BCUT2D eigenvalue weighted by Crippen LogP contribution is -1.92. The number of rotatable bonds is 6. The van der Waals surface area contributed by atoms with Gasteiger partial charge in [0.15, 0.2) is 0 Å². The van der Waals surface area contributed by atoms with Gasteiger partial charge in [-0.15, -0.1) is 0 Å². The zero-order chi connectivity index (χ0) is 41.4. The van der Waals surface area contributed by atoms with Crippen molar-refractivity contribution in [3.05, 3.63) is 219 Å². The fourth-order valence-corrected chi connectivity index (χ4v) is 9.61. The number of nitrogens with zero attached hydrogens (tertiary/aromatic N) is 4. The molecule has 0 aliphatic carbocycles. The van der Waals surface area contributed by atoms with E-state index in [4.69, 9.17) is 14.4 Å². The molecule has 13 aromatic rings. The first-order chi connectivity index (χ1) is 31.2. The van der Waals surface area contributed by atoms with Crippen molar-refractivity contribution in [2.75, 3.05) is 0 Å². The van der Waals surface area contributed by atoms with E-state index in [1.165, 1.54) is 49.2 Å². The Morgan fingerprint density at radius 1 is 0.333 bits per heavy atom. The van der Waals surface area contributed by atoms with Crippen LogP contribution in [0.25, 0.3) is 122 Å². The molecule has 13 rings (SSSR count). The summed E-state index contributed by atoms with van der Waals surface area (Å²) < 4.78 is 11.1. The Morgan fingerprint density at radius 2 is 0.778 bits per heavy atom. The van der Waals surface area contributed by atoms with Gasteiger partial charge >= 0.3 is 0 Å². The number of hydrogen-bond donors (Lipinski definition) is 0.